The third kappa shape index (κ3) is 6.29. The van der Waals surface area contributed by atoms with E-state index in [0.717, 1.165) is 10.9 Å². The van der Waals surface area contributed by atoms with Crippen molar-refractivity contribution in [3.8, 4) is 11.5 Å². The second-order valence-corrected chi connectivity index (χ2v) is 10.6. The van der Waals surface area contributed by atoms with Gasteiger partial charge in [0.2, 0.25) is 5.75 Å². The molecule has 36 heavy (non-hydrogen) atoms. The third-order valence-corrected chi connectivity index (χ3v) is 5.91. The maximum atomic E-state index is 13.4. The van der Waals surface area contributed by atoms with Gasteiger partial charge >= 0.3 is 5.69 Å². The van der Waals surface area contributed by atoms with Crippen molar-refractivity contribution in [1.29, 1.82) is 0 Å². The number of ether oxygens (including phenoxy) is 2. The highest BCUT2D eigenvalue weighted by Crippen LogP contribution is 2.39. The molecule has 9 nitrogen and oxygen atoms in total. The molecular formula is C26H31BrN4O5. The van der Waals surface area contributed by atoms with Gasteiger partial charge in [-0.15, -0.1) is 0 Å². The Labute approximate surface area is 218 Å². The van der Waals surface area contributed by atoms with Crippen LogP contribution in [0.5, 0.6) is 11.5 Å². The molecular weight excluding hydrogens is 528 g/mol. The Balaban J connectivity index is 2.16. The highest BCUT2D eigenvalue weighted by molar-refractivity contribution is 9.10. The third-order valence-electron chi connectivity index (χ3n) is 5.41. The summed E-state index contributed by atoms with van der Waals surface area (Å²) in [6, 6.07) is 8.31. The fourth-order valence-electron chi connectivity index (χ4n) is 3.42. The van der Waals surface area contributed by atoms with E-state index in [1.165, 1.54) is 17.0 Å². The lowest BCUT2D eigenvalue weighted by Gasteiger charge is -2.20. The van der Waals surface area contributed by atoms with E-state index in [0.29, 0.717) is 28.9 Å². The first-order chi connectivity index (χ1) is 16.9. The first kappa shape index (κ1) is 27.3. The zero-order valence-electron chi connectivity index (χ0n) is 21.4. The van der Waals surface area contributed by atoms with Crippen LogP contribution in [0.2, 0.25) is 0 Å². The van der Waals surface area contributed by atoms with Crippen LogP contribution in [0.1, 0.15) is 65.3 Å². The largest absolute Gasteiger partial charge is 0.490 e. The van der Waals surface area contributed by atoms with Crippen LogP contribution in [0.15, 0.2) is 44.7 Å². The first-order valence-electron chi connectivity index (χ1n) is 11.8. The molecule has 0 spiro atoms. The Morgan fingerprint density at radius 3 is 2.56 bits per heavy atom. The van der Waals surface area contributed by atoms with Crippen molar-refractivity contribution in [2.75, 3.05) is 13.2 Å². The van der Waals surface area contributed by atoms with Crippen LogP contribution < -0.4 is 15.0 Å². The van der Waals surface area contributed by atoms with Crippen molar-refractivity contribution in [3.05, 3.63) is 66.7 Å². The highest BCUT2D eigenvalue weighted by atomic mass is 79.9. The molecule has 1 aromatic heterocycles. The number of benzene rings is 2. The predicted molar refractivity (Wildman–Crippen MR) is 145 cm³/mol. The minimum absolute atomic E-state index is 0.0376. The van der Waals surface area contributed by atoms with Crippen LogP contribution in [0, 0.1) is 15.5 Å². The van der Waals surface area contributed by atoms with E-state index >= 15 is 0 Å². The Morgan fingerprint density at radius 2 is 1.94 bits per heavy atom. The molecule has 0 radical (unpaired) electrons. The molecule has 0 N–H and O–H groups in total. The van der Waals surface area contributed by atoms with Crippen LogP contribution in [0.25, 0.3) is 10.9 Å². The summed E-state index contributed by atoms with van der Waals surface area (Å²) in [7, 11) is 0. The summed E-state index contributed by atoms with van der Waals surface area (Å²) in [4.78, 5) is 29.4. The summed E-state index contributed by atoms with van der Waals surface area (Å²) in [6.45, 7) is 12.3. The number of hydrogen-bond acceptors (Lipinski definition) is 7. The molecule has 0 bridgehead atoms. The molecule has 0 aliphatic heterocycles. The molecule has 192 valence electrons. The molecule has 1 atom stereocenters. The monoisotopic (exact) mass is 558 g/mol. The highest BCUT2D eigenvalue weighted by Gasteiger charge is 2.24. The number of aromatic nitrogens is 2. The van der Waals surface area contributed by atoms with Gasteiger partial charge in [0, 0.05) is 22.0 Å². The molecule has 0 saturated carbocycles. The molecule has 1 heterocycles. The van der Waals surface area contributed by atoms with Gasteiger partial charge < -0.3 is 9.47 Å². The maximum Gasteiger partial charge on any atom is 0.315 e. The average molecular weight is 559 g/mol. The quantitative estimate of drug-likeness (QED) is 0.173. The van der Waals surface area contributed by atoms with E-state index in [-0.39, 0.29) is 40.7 Å². The SMILES string of the molecule is CCOc1cc(C=Nn2c([C@@H](C)CC)nc3ccc(Br)cc3c2=O)cc([N+](=O)[O-])c1OCC(C)(C)C. The topological polar surface area (TPSA) is 109 Å². The second kappa shape index (κ2) is 11.2. The summed E-state index contributed by atoms with van der Waals surface area (Å²) in [5.41, 5.74) is 0.215. The molecule has 0 aliphatic rings. The molecule has 10 heteroatoms. The maximum absolute atomic E-state index is 13.4. The second-order valence-electron chi connectivity index (χ2n) is 9.71. The zero-order valence-corrected chi connectivity index (χ0v) is 23.0. The van der Waals surface area contributed by atoms with Gasteiger partial charge in [-0.05, 0) is 43.0 Å². The van der Waals surface area contributed by atoms with Crippen LogP contribution >= 0.6 is 15.9 Å². The average Bonchev–Trinajstić information content (AvgIpc) is 2.81. The summed E-state index contributed by atoms with van der Waals surface area (Å²) in [5, 5.41) is 16.7. The molecule has 0 unspecified atom stereocenters. The molecule has 0 fully saturated rings. The van der Waals surface area contributed by atoms with Crippen molar-refractivity contribution in [2.45, 2.75) is 53.9 Å². The van der Waals surface area contributed by atoms with Crippen molar-refractivity contribution in [3.63, 3.8) is 0 Å². The van der Waals surface area contributed by atoms with Gasteiger partial charge in [-0.3, -0.25) is 14.9 Å². The van der Waals surface area contributed by atoms with E-state index < -0.39 is 4.92 Å². The van der Waals surface area contributed by atoms with Crippen LogP contribution in [-0.2, 0) is 0 Å². The van der Waals surface area contributed by atoms with E-state index in [2.05, 4.69) is 26.0 Å². The fourth-order valence-corrected chi connectivity index (χ4v) is 3.78. The van der Waals surface area contributed by atoms with Crippen molar-refractivity contribution in [1.82, 2.24) is 9.66 Å². The number of rotatable bonds is 9. The minimum atomic E-state index is -0.510. The Kier molecular flexibility index (Phi) is 8.50. The first-order valence-corrected chi connectivity index (χ1v) is 12.6. The molecule has 0 saturated heterocycles. The van der Waals surface area contributed by atoms with Crippen molar-refractivity contribution >= 4 is 38.7 Å². The van der Waals surface area contributed by atoms with Crippen LogP contribution in [-0.4, -0.2) is 34.0 Å². The standard InChI is InChI=1S/C26H31BrN4O5/c1-7-16(3)24-29-20-10-9-18(27)13-19(20)25(32)30(24)28-14-17-11-21(31(33)34)23(22(12-17)35-8-2)36-15-26(4,5)6/h9-14,16H,7-8,15H2,1-6H3/t16-/m0/s1. The van der Waals surface area contributed by atoms with Gasteiger partial charge in [-0.2, -0.15) is 9.78 Å². The molecule has 3 aromatic rings. The number of nitro groups is 1. The number of halogens is 1. The molecule has 0 amide bonds. The number of nitro benzene ring substituents is 1. The normalized spacial score (nSPS) is 12.8. The molecule has 2 aromatic carbocycles. The lowest BCUT2D eigenvalue weighted by Crippen LogP contribution is -2.23. The number of hydrogen-bond donors (Lipinski definition) is 0. The number of fused-ring (bicyclic) bond motifs is 1. The Morgan fingerprint density at radius 1 is 1.22 bits per heavy atom. The van der Waals surface area contributed by atoms with Crippen molar-refractivity contribution < 1.29 is 14.4 Å². The van der Waals surface area contributed by atoms with Crippen molar-refractivity contribution in [2.24, 2.45) is 10.5 Å². The van der Waals surface area contributed by atoms with E-state index in [1.54, 1.807) is 25.1 Å². The lowest BCUT2D eigenvalue weighted by molar-refractivity contribution is -0.386. The van der Waals surface area contributed by atoms with Gasteiger partial charge in [-0.1, -0.05) is 50.5 Å². The van der Waals surface area contributed by atoms with E-state index in [9.17, 15) is 14.9 Å². The van der Waals surface area contributed by atoms with Gasteiger partial charge in [0.05, 0.1) is 35.3 Å². The summed E-state index contributed by atoms with van der Waals surface area (Å²) in [6.07, 6.45) is 2.16. The lowest BCUT2D eigenvalue weighted by atomic mass is 9.98. The fraction of sp³-hybridized carbons (Fsp3) is 0.423. The Bertz CT molecular complexity index is 1360. The van der Waals surface area contributed by atoms with Gasteiger partial charge in [0.1, 0.15) is 5.82 Å². The summed E-state index contributed by atoms with van der Waals surface area (Å²) in [5.74, 6) is 0.790. The minimum Gasteiger partial charge on any atom is -0.490 e. The van der Waals surface area contributed by atoms with Crippen LogP contribution in [0.3, 0.4) is 0 Å². The molecule has 0 aliphatic carbocycles. The van der Waals surface area contributed by atoms with Crippen LogP contribution in [0.4, 0.5) is 5.69 Å². The van der Waals surface area contributed by atoms with Gasteiger partial charge in [-0.25, -0.2) is 4.98 Å². The molecule has 3 rings (SSSR count). The predicted octanol–water partition coefficient (Wildman–Crippen LogP) is 6.29. The smallest absolute Gasteiger partial charge is 0.315 e. The summed E-state index contributed by atoms with van der Waals surface area (Å²) < 4.78 is 13.5. The number of nitrogens with zero attached hydrogens (tertiary/aromatic N) is 4. The summed E-state index contributed by atoms with van der Waals surface area (Å²) >= 11 is 3.40. The zero-order chi connectivity index (χ0) is 26.6. The van der Waals surface area contributed by atoms with Gasteiger partial charge in [0.25, 0.3) is 5.56 Å². The van der Waals surface area contributed by atoms with E-state index in [4.69, 9.17) is 9.47 Å². The van der Waals surface area contributed by atoms with Gasteiger partial charge in [0.15, 0.2) is 5.75 Å². The Hall–Kier alpha value is -3.27. The van der Waals surface area contributed by atoms with E-state index in [1.807, 2.05) is 40.7 Å².